The fraction of sp³-hybridized carbons (Fsp3) is 0.167. The van der Waals surface area contributed by atoms with E-state index in [9.17, 15) is 14.3 Å². The van der Waals surface area contributed by atoms with E-state index in [0.29, 0.717) is 12.0 Å². The van der Waals surface area contributed by atoms with E-state index in [1.54, 1.807) is 19.1 Å². The first-order chi connectivity index (χ1) is 15.3. The average Bonchev–Trinajstić information content (AvgIpc) is 3.32. The Labute approximate surface area is 181 Å². The van der Waals surface area contributed by atoms with Crippen molar-refractivity contribution in [3.63, 3.8) is 0 Å². The number of carboxylic acid groups (broad SMARTS) is 1. The normalized spacial score (nSPS) is 15.2. The second kappa shape index (κ2) is 7.33. The predicted octanol–water partition coefficient (Wildman–Crippen LogP) is 3.73. The highest BCUT2D eigenvalue weighted by Crippen LogP contribution is 2.34. The molecule has 5 rings (SSSR count). The zero-order chi connectivity index (χ0) is 22.6. The van der Waals surface area contributed by atoms with E-state index in [1.807, 2.05) is 36.0 Å². The monoisotopic (exact) mass is 435 g/mol. The summed E-state index contributed by atoms with van der Waals surface area (Å²) < 4.78 is 37.9. The topological polar surface area (TPSA) is 80.1 Å². The molecule has 2 aromatic carbocycles. The molecule has 0 radical (unpaired) electrons. The maximum atomic E-state index is 15.4. The zero-order valence-corrected chi connectivity index (χ0v) is 17.3. The summed E-state index contributed by atoms with van der Waals surface area (Å²) in [7, 11) is 1.93. The first kappa shape index (κ1) is 20.0. The first-order valence-electron chi connectivity index (χ1n) is 10.0. The number of aromatic carboxylic acids is 1. The molecular formula is C24H19F2N3O3. The Kier molecular flexibility index (Phi) is 4.58. The van der Waals surface area contributed by atoms with Gasteiger partial charge < -0.3 is 19.4 Å². The number of carboxylic acids is 1. The van der Waals surface area contributed by atoms with E-state index >= 15 is 4.39 Å². The van der Waals surface area contributed by atoms with Crippen molar-refractivity contribution < 1.29 is 23.4 Å². The van der Waals surface area contributed by atoms with E-state index in [-0.39, 0.29) is 33.9 Å². The Morgan fingerprint density at radius 3 is 2.88 bits per heavy atom. The Morgan fingerprint density at radius 2 is 2.09 bits per heavy atom. The Hall–Kier alpha value is -3.94. The molecule has 0 aliphatic heterocycles. The van der Waals surface area contributed by atoms with Gasteiger partial charge in [0.05, 0.1) is 11.1 Å². The number of aryl methyl sites for hydroxylation is 2. The number of aromatic nitrogens is 3. The van der Waals surface area contributed by atoms with Crippen molar-refractivity contribution in [2.75, 3.05) is 0 Å². The van der Waals surface area contributed by atoms with Gasteiger partial charge in [-0.2, -0.15) is 4.98 Å². The highest BCUT2D eigenvalue weighted by Gasteiger charge is 2.24. The van der Waals surface area contributed by atoms with Gasteiger partial charge in [-0.05, 0) is 42.3 Å². The van der Waals surface area contributed by atoms with Gasteiger partial charge in [-0.3, -0.25) is 0 Å². The quantitative estimate of drug-likeness (QED) is 0.512. The number of nitrogens with one attached hydrogen (secondary N) is 1. The molecule has 0 spiro atoms. The van der Waals surface area contributed by atoms with Gasteiger partial charge in [0.25, 0.3) is 6.01 Å². The van der Waals surface area contributed by atoms with Gasteiger partial charge >= 0.3 is 5.97 Å². The summed E-state index contributed by atoms with van der Waals surface area (Å²) >= 11 is 0. The third-order valence-electron chi connectivity index (χ3n) is 5.81. The van der Waals surface area contributed by atoms with Gasteiger partial charge in [-0.15, -0.1) is 0 Å². The molecule has 2 heterocycles. The number of hydrogen-bond donors (Lipinski definition) is 2. The van der Waals surface area contributed by atoms with Crippen LogP contribution in [0.1, 0.15) is 33.8 Å². The van der Waals surface area contributed by atoms with Crippen molar-refractivity contribution in [3.05, 3.63) is 75.4 Å². The van der Waals surface area contributed by atoms with Crippen LogP contribution in [0.15, 0.2) is 36.5 Å². The molecule has 0 amide bonds. The minimum Gasteiger partial charge on any atom is -0.478 e. The molecule has 1 atom stereocenters. The summed E-state index contributed by atoms with van der Waals surface area (Å²) in [5, 5.41) is 11.2. The summed E-state index contributed by atoms with van der Waals surface area (Å²) in [6.07, 6.45) is 6.22. The molecule has 2 aromatic heterocycles. The van der Waals surface area contributed by atoms with Crippen LogP contribution < -0.4 is 15.3 Å². The van der Waals surface area contributed by atoms with Gasteiger partial charge in [0.2, 0.25) is 0 Å². The molecule has 162 valence electrons. The van der Waals surface area contributed by atoms with E-state index in [0.717, 1.165) is 10.6 Å². The van der Waals surface area contributed by atoms with Crippen molar-refractivity contribution in [1.29, 1.82) is 0 Å². The third kappa shape index (κ3) is 3.24. The molecule has 0 saturated heterocycles. The lowest BCUT2D eigenvalue weighted by Crippen LogP contribution is -2.31. The van der Waals surface area contributed by atoms with Crippen molar-refractivity contribution in [2.45, 2.75) is 19.3 Å². The second-order valence-electron chi connectivity index (χ2n) is 7.89. The van der Waals surface area contributed by atoms with Crippen LogP contribution in [0.3, 0.4) is 0 Å². The molecule has 1 aliphatic rings. The van der Waals surface area contributed by atoms with E-state index in [2.05, 4.69) is 9.97 Å². The minimum atomic E-state index is -1.09. The average molecular weight is 435 g/mol. The molecule has 4 aromatic rings. The smallest absolute Gasteiger partial charge is 0.336 e. The Morgan fingerprint density at radius 1 is 1.28 bits per heavy atom. The molecule has 32 heavy (non-hydrogen) atoms. The molecule has 0 fully saturated rings. The lowest BCUT2D eigenvalue weighted by molar-refractivity contribution is 0.0695. The number of ether oxygens (including phenoxy) is 1. The lowest BCUT2D eigenvalue weighted by atomic mass is 9.91. The van der Waals surface area contributed by atoms with Crippen molar-refractivity contribution in [1.82, 2.24) is 14.5 Å². The number of rotatable bonds is 4. The Balaban J connectivity index is 1.53. The number of fused-ring (bicyclic) bond motifs is 2. The SMILES string of the molecule is Cc1ccc(Oc2nc3c(F)c(C4C=c5ccn(C)c5=CC4)c(F)cc3[nH]2)cc1C(=O)O. The molecule has 1 unspecified atom stereocenters. The third-order valence-corrected chi connectivity index (χ3v) is 5.81. The fourth-order valence-electron chi connectivity index (χ4n) is 4.16. The van der Waals surface area contributed by atoms with Crippen LogP contribution >= 0.6 is 0 Å². The van der Waals surface area contributed by atoms with Crippen LogP contribution in [-0.4, -0.2) is 25.6 Å². The number of benzene rings is 2. The van der Waals surface area contributed by atoms with Gasteiger partial charge in [-0.25, -0.2) is 13.6 Å². The highest BCUT2D eigenvalue weighted by molar-refractivity contribution is 5.89. The van der Waals surface area contributed by atoms with Crippen LogP contribution in [0.5, 0.6) is 11.8 Å². The van der Waals surface area contributed by atoms with E-state index < -0.39 is 23.5 Å². The Bertz CT molecular complexity index is 1520. The van der Waals surface area contributed by atoms with Crippen molar-refractivity contribution in [2.24, 2.45) is 7.05 Å². The summed E-state index contributed by atoms with van der Waals surface area (Å²) in [4.78, 5) is 18.2. The van der Waals surface area contributed by atoms with Gasteiger partial charge in [-0.1, -0.05) is 18.2 Å². The van der Waals surface area contributed by atoms with E-state index in [1.165, 1.54) is 12.1 Å². The molecule has 8 heteroatoms. The number of nitrogens with zero attached hydrogens (tertiary/aromatic N) is 2. The van der Waals surface area contributed by atoms with Crippen LogP contribution in [0, 0.1) is 18.6 Å². The first-order valence-corrected chi connectivity index (χ1v) is 10.0. The maximum absolute atomic E-state index is 15.4. The van der Waals surface area contributed by atoms with Crippen LogP contribution in [0.2, 0.25) is 0 Å². The molecule has 6 nitrogen and oxygen atoms in total. The van der Waals surface area contributed by atoms with E-state index in [4.69, 9.17) is 4.74 Å². The summed E-state index contributed by atoms with van der Waals surface area (Å²) in [5.74, 6) is -2.72. The van der Waals surface area contributed by atoms with Crippen LogP contribution in [-0.2, 0) is 7.05 Å². The van der Waals surface area contributed by atoms with Gasteiger partial charge in [0, 0.05) is 36.1 Å². The second-order valence-corrected chi connectivity index (χ2v) is 7.89. The number of halogens is 2. The number of aromatic amines is 1. The number of H-pyrrole nitrogens is 1. The predicted molar refractivity (Wildman–Crippen MR) is 115 cm³/mol. The number of carbonyl (C=O) groups is 1. The fourth-order valence-corrected chi connectivity index (χ4v) is 4.16. The molecule has 1 aliphatic carbocycles. The van der Waals surface area contributed by atoms with Gasteiger partial charge in [0.15, 0.2) is 5.82 Å². The maximum Gasteiger partial charge on any atom is 0.336 e. The summed E-state index contributed by atoms with van der Waals surface area (Å²) in [6, 6.07) is 7.62. The van der Waals surface area contributed by atoms with Crippen LogP contribution in [0.25, 0.3) is 23.2 Å². The van der Waals surface area contributed by atoms with Crippen molar-refractivity contribution >= 4 is 29.2 Å². The highest BCUT2D eigenvalue weighted by atomic mass is 19.1. The molecular weight excluding hydrogens is 416 g/mol. The largest absolute Gasteiger partial charge is 0.478 e. The summed E-state index contributed by atoms with van der Waals surface area (Å²) in [6.45, 7) is 1.67. The molecule has 2 N–H and O–H groups in total. The minimum absolute atomic E-state index is 0.0331. The lowest BCUT2D eigenvalue weighted by Gasteiger charge is -2.15. The van der Waals surface area contributed by atoms with Crippen LogP contribution in [0.4, 0.5) is 8.78 Å². The number of imidazole rings is 1. The molecule has 0 saturated carbocycles. The summed E-state index contributed by atoms with van der Waals surface area (Å²) in [5.41, 5.74) is 0.750. The van der Waals surface area contributed by atoms with Gasteiger partial charge in [0.1, 0.15) is 17.1 Å². The number of hydrogen-bond acceptors (Lipinski definition) is 3. The zero-order valence-electron chi connectivity index (χ0n) is 17.3. The standard InChI is InChI=1S/C24H19F2N3O3/c1-12-3-5-15(10-16(12)23(30)31)32-24-27-18-11-17(25)20(21(26)22(18)28-24)14-4-6-19-13(9-14)7-8-29(19)2/h3,5-11,14H,4H2,1-2H3,(H,27,28)(H,30,31). The van der Waals surface area contributed by atoms with Crippen molar-refractivity contribution in [3.8, 4) is 11.8 Å². The molecule has 0 bridgehead atoms.